The summed E-state index contributed by atoms with van der Waals surface area (Å²) in [6.07, 6.45) is 4.08. The third-order valence-electron chi connectivity index (χ3n) is 4.05. The van der Waals surface area contributed by atoms with E-state index in [0.717, 1.165) is 25.7 Å². The van der Waals surface area contributed by atoms with Crippen molar-refractivity contribution < 1.29 is 9.90 Å². The minimum Gasteiger partial charge on any atom is -0.388 e. The molecular weight excluding hydrogens is 240 g/mol. The third-order valence-corrected chi connectivity index (χ3v) is 4.05. The fourth-order valence-electron chi connectivity index (χ4n) is 2.39. The molecule has 0 aromatic heterocycles. The van der Waals surface area contributed by atoms with E-state index in [0.29, 0.717) is 31.0 Å². The molecule has 0 aromatic rings. The SMILES string of the molecule is CC(C)NCCC(=O)NCC1(O)CCC(C)(C)CC1. The normalized spacial score (nSPS) is 21.4. The molecule has 0 atom stereocenters. The Morgan fingerprint density at radius 3 is 2.32 bits per heavy atom. The maximum atomic E-state index is 11.7. The Hall–Kier alpha value is -0.610. The number of amides is 1. The minimum atomic E-state index is -0.698. The average molecular weight is 270 g/mol. The molecule has 112 valence electrons. The minimum absolute atomic E-state index is 0.0198. The molecule has 19 heavy (non-hydrogen) atoms. The highest BCUT2D eigenvalue weighted by Crippen LogP contribution is 2.39. The van der Waals surface area contributed by atoms with Crippen LogP contribution in [0.25, 0.3) is 0 Å². The van der Waals surface area contributed by atoms with Crippen molar-refractivity contribution in [2.24, 2.45) is 5.41 Å². The van der Waals surface area contributed by atoms with E-state index in [1.807, 2.05) is 0 Å². The van der Waals surface area contributed by atoms with Gasteiger partial charge >= 0.3 is 0 Å². The van der Waals surface area contributed by atoms with Crippen LogP contribution in [0.2, 0.25) is 0 Å². The van der Waals surface area contributed by atoms with Crippen LogP contribution >= 0.6 is 0 Å². The van der Waals surface area contributed by atoms with Crippen molar-refractivity contribution in [2.75, 3.05) is 13.1 Å². The van der Waals surface area contributed by atoms with Crippen LogP contribution in [0, 0.1) is 5.41 Å². The molecule has 0 unspecified atom stereocenters. The summed E-state index contributed by atoms with van der Waals surface area (Å²) in [7, 11) is 0. The molecule has 1 saturated carbocycles. The van der Waals surface area contributed by atoms with Crippen molar-refractivity contribution in [1.29, 1.82) is 0 Å². The zero-order valence-electron chi connectivity index (χ0n) is 12.9. The van der Waals surface area contributed by atoms with Gasteiger partial charge in [-0.3, -0.25) is 4.79 Å². The van der Waals surface area contributed by atoms with E-state index in [4.69, 9.17) is 0 Å². The second kappa shape index (κ2) is 6.71. The fourth-order valence-corrected chi connectivity index (χ4v) is 2.39. The van der Waals surface area contributed by atoms with Gasteiger partial charge in [-0.15, -0.1) is 0 Å². The van der Waals surface area contributed by atoms with Crippen molar-refractivity contribution in [3.8, 4) is 0 Å². The summed E-state index contributed by atoms with van der Waals surface area (Å²) in [5.74, 6) is 0.0198. The number of aliphatic hydroxyl groups is 1. The summed E-state index contributed by atoms with van der Waals surface area (Å²) in [4.78, 5) is 11.7. The number of carbonyl (C=O) groups is 1. The lowest BCUT2D eigenvalue weighted by molar-refractivity contribution is -0.123. The lowest BCUT2D eigenvalue weighted by Crippen LogP contribution is -2.47. The summed E-state index contributed by atoms with van der Waals surface area (Å²) in [6.45, 7) is 9.68. The smallest absolute Gasteiger partial charge is 0.221 e. The van der Waals surface area contributed by atoms with Gasteiger partial charge in [-0.1, -0.05) is 27.7 Å². The molecule has 0 aliphatic heterocycles. The first kappa shape index (κ1) is 16.4. The summed E-state index contributed by atoms with van der Waals surface area (Å²) in [6, 6.07) is 0.401. The van der Waals surface area contributed by atoms with Crippen LogP contribution in [0.5, 0.6) is 0 Å². The molecule has 0 bridgehead atoms. The zero-order chi connectivity index (χ0) is 14.5. The number of nitrogens with one attached hydrogen (secondary N) is 2. The summed E-state index contributed by atoms with van der Waals surface area (Å²) >= 11 is 0. The van der Waals surface area contributed by atoms with Crippen LogP contribution in [0.3, 0.4) is 0 Å². The van der Waals surface area contributed by atoms with Crippen molar-refractivity contribution in [1.82, 2.24) is 10.6 Å². The molecule has 0 radical (unpaired) electrons. The molecule has 0 heterocycles. The zero-order valence-corrected chi connectivity index (χ0v) is 12.9. The van der Waals surface area contributed by atoms with E-state index in [2.05, 4.69) is 38.3 Å². The molecule has 3 N–H and O–H groups in total. The fraction of sp³-hybridized carbons (Fsp3) is 0.933. The Bertz CT molecular complexity index is 291. The van der Waals surface area contributed by atoms with Gasteiger partial charge in [0.2, 0.25) is 5.91 Å². The molecule has 0 spiro atoms. The van der Waals surface area contributed by atoms with E-state index < -0.39 is 5.60 Å². The van der Waals surface area contributed by atoms with Crippen molar-refractivity contribution in [2.45, 2.75) is 71.4 Å². The largest absolute Gasteiger partial charge is 0.388 e. The summed E-state index contributed by atoms with van der Waals surface area (Å²) in [5.41, 5.74) is -0.367. The monoisotopic (exact) mass is 270 g/mol. The van der Waals surface area contributed by atoms with Gasteiger partial charge < -0.3 is 15.7 Å². The second-order valence-corrected chi connectivity index (χ2v) is 7.02. The van der Waals surface area contributed by atoms with Crippen LogP contribution in [0.1, 0.15) is 59.8 Å². The molecule has 1 amide bonds. The highest BCUT2D eigenvalue weighted by atomic mass is 16.3. The van der Waals surface area contributed by atoms with E-state index in [1.54, 1.807) is 0 Å². The molecule has 1 fully saturated rings. The Labute approximate surface area is 117 Å². The third kappa shape index (κ3) is 6.39. The van der Waals surface area contributed by atoms with Crippen molar-refractivity contribution in [3.05, 3.63) is 0 Å². The standard InChI is InChI=1S/C15H30N2O2/c1-12(2)16-10-5-13(18)17-11-15(19)8-6-14(3,4)7-9-15/h12,16,19H,5-11H2,1-4H3,(H,17,18). The molecule has 0 aromatic carbocycles. The van der Waals surface area contributed by atoms with E-state index in [1.165, 1.54) is 0 Å². The number of hydrogen-bond donors (Lipinski definition) is 3. The van der Waals surface area contributed by atoms with Gasteiger partial charge in [0.15, 0.2) is 0 Å². The van der Waals surface area contributed by atoms with E-state index >= 15 is 0 Å². The molecule has 1 aliphatic rings. The maximum Gasteiger partial charge on any atom is 0.221 e. The van der Waals surface area contributed by atoms with E-state index in [9.17, 15) is 9.90 Å². The van der Waals surface area contributed by atoms with Gasteiger partial charge in [0.25, 0.3) is 0 Å². The first-order valence-electron chi connectivity index (χ1n) is 7.45. The molecular formula is C15H30N2O2. The van der Waals surface area contributed by atoms with Gasteiger partial charge in [0.1, 0.15) is 0 Å². The molecule has 4 nitrogen and oxygen atoms in total. The average Bonchev–Trinajstić information content (AvgIpc) is 2.31. The predicted octanol–water partition coefficient (Wildman–Crippen LogP) is 1.82. The second-order valence-electron chi connectivity index (χ2n) is 7.02. The Kier molecular flexibility index (Phi) is 5.81. The summed E-state index contributed by atoms with van der Waals surface area (Å²) in [5, 5.41) is 16.5. The molecule has 0 saturated heterocycles. The summed E-state index contributed by atoms with van der Waals surface area (Å²) < 4.78 is 0. The topological polar surface area (TPSA) is 61.4 Å². The molecule has 1 rings (SSSR count). The Morgan fingerprint density at radius 1 is 1.21 bits per heavy atom. The highest BCUT2D eigenvalue weighted by Gasteiger charge is 2.36. The van der Waals surface area contributed by atoms with Crippen LogP contribution < -0.4 is 10.6 Å². The number of hydrogen-bond acceptors (Lipinski definition) is 3. The Balaban J connectivity index is 2.22. The predicted molar refractivity (Wildman–Crippen MR) is 78.0 cm³/mol. The first-order chi connectivity index (χ1) is 8.72. The van der Waals surface area contributed by atoms with Crippen LogP contribution in [-0.4, -0.2) is 35.7 Å². The van der Waals surface area contributed by atoms with Crippen LogP contribution in [0.15, 0.2) is 0 Å². The van der Waals surface area contributed by atoms with Crippen molar-refractivity contribution >= 4 is 5.91 Å². The maximum absolute atomic E-state index is 11.7. The van der Waals surface area contributed by atoms with Gasteiger partial charge in [-0.25, -0.2) is 0 Å². The lowest BCUT2D eigenvalue weighted by atomic mass is 9.71. The van der Waals surface area contributed by atoms with Gasteiger partial charge in [-0.2, -0.15) is 0 Å². The number of carbonyl (C=O) groups excluding carboxylic acids is 1. The highest BCUT2D eigenvalue weighted by molar-refractivity contribution is 5.76. The van der Waals surface area contributed by atoms with Crippen LogP contribution in [0.4, 0.5) is 0 Å². The Morgan fingerprint density at radius 2 is 1.79 bits per heavy atom. The molecule has 4 heteroatoms. The van der Waals surface area contributed by atoms with Gasteiger partial charge in [-0.05, 0) is 31.1 Å². The number of rotatable bonds is 6. The van der Waals surface area contributed by atoms with Crippen LogP contribution in [-0.2, 0) is 4.79 Å². The lowest BCUT2D eigenvalue weighted by Gasteiger charge is -2.40. The van der Waals surface area contributed by atoms with Gasteiger partial charge in [0.05, 0.1) is 5.60 Å². The quantitative estimate of drug-likeness (QED) is 0.690. The van der Waals surface area contributed by atoms with Gasteiger partial charge in [0, 0.05) is 25.6 Å². The van der Waals surface area contributed by atoms with E-state index in [-0.39, 0.29) is 5.91 Å². The first-order valence-corrected chi connectivity index (χ1v) is 7.45. The molecule has 1 aliphatic carbocycles. The van der Waals surface area contributed by atoms with Crippen molar-refractivity contribution in [3.63, 3.8) is 0 Å².